The van der Waals surface area contributed by atoms with Gasteiger partial charge in [0.1, 0.15) is 17.3 Å². The molecule has 0 spiro atoms. The monoisotopic (exact) mass is 487 g/mol. The van der Waals surface area contributed by atoms with Gasteiger partial charge in [-0.15, -0.1) is 0 Å². The van der Waals surface area contributed by atoms with Crippen molar-refractivity contribution in [3.63, 3.8) is 0 Å². The number of amides is 1. The van der Waals surface area contributed by atoms with Crippen LogP contribution >= 0.6 is 0 Å². The first-order valence-corrected chi connectivity index (χ1v) is 12.0. The molecule has 5 nitrogen and oxygen atoms in total. The molecule has 1 amide bonds. The van der Waals surface area contributed by atoms with Crippen LogP contribution in [0, 0.1) is 5.82 Å². The number of carbonyl (C=O) groups excluding carboxylic acids is 2. The van der Waals surface area contributed by atoms with E-state index in [1.165, 1.54) is 29.2 Å². The third-order valence-electron chi connectivity index (χ3n) is 6.31. The maximum atomic E-state index is 13.5. The van der Waals surface area contributed by atoms with Gasteiger partial charge in [0.25, 0.3) is 11.7 Å². The number of benzene rings is 3. The molecule has 6 heteroatoms. The zero-order valence-electron chi connectivity index (χ0n) is 20.9. The maximum absolute atomic E-state index is 13.5. The van der Waals surface area contributed by atoms with Crippen LogP contribution in [-0.2, 0) is 21.5 Å². The van der Waals surface area contributed by atoms with E-state index in [2.05, 4.69) is 20.8 Å². The molecule has 1 atom stereocenters. The number of aliphatic hydroxyl groups is 1. The van der Waals surface area contributed by atoms with E-state index in [1.54, 1.807) is 0 Å². The Balaban J connectivity index is 1.83. The summed E-state index contributed by atoms with van der Waals surface area (Å²) in [6.45, 7) is 8.86. The number of hydrogen-bond donors (Lipinski definition) is 1. The Morgan fingerprint density at radius 1 is 1.00 bits per heavy atom. The second-order valence-electron chi connectivity index (χ2n) is 9.89. The molecule has 0 aliphatic carbocycles. The van der Waals surface area contributed by atoms with E-state index in [-0.39, 0.29) is 28.9 Å². The van der Waals surface area contributed by atoms with Gasteiger partial charge in [-0.05, 0) is 65.4 Å². The van der Waals surface area contributed by atoms with Crippen molar-refractivity contribution in [3.8, 4) is 5.75 Å². The summed E-state index contributed by atoms with van der Waals surface area (Å²) in [4.78, 5) is 28.0. The van der Waals surface area contributed by atoms with Crippen molar-refractivity contribution >= 4 is 17.4 Å². The van der Waals surface area contributed by atoms with Gasteiger partial charge in [0.15, 0.2) is 0 Å². The molecule has 1 saturated heterocycles. The molecule has 186 valence electrons. The van der Waals surface area contributed by atoms with Crippen LogP contribution in [0.25, 0.3) is 5.76 Å². The second-order valence-corrected chi connectivity index (χ2v) is 9.89. The number of halogens is 1. The number of aliphatic hydroxyl groups excluding tert-OH is 1. The third-order valence-corrected chi connectivity index (χ3v) is 6.31. The zero-order chi connectivity index (χ0) is 26.0. The highest BCUT2D eigenvalue weighted by Crippen LogP contribution is 2.41. The third kappa shape index (κ3) is 5.03. The van der Waals surface area contributed by atoms with Crippen LogP contribution in [0.2, 0.25) is 0 Å². The average molecular weight is 488 g/mol. The second kappa shape index (κ2) is 9.97. The number of ketones is 1. The summed E-state index contributed by atoms with van der Waals surface area (Å²) in [7, 11) is 0. The minimum atomic E-state index is -0.806. The van der Waals surface area contributed by atoms with Crippen molar-refractivity contribution in [1.29, 1.82) is 0 Å². The average Bonchev–Trinajstić information content (AvgIpc) is 3.09. The van der Waals surface area contributed by atoms with Gasteiger partial charge in [-0.2, -0.15) is 0 Å². The van der Waals surface area contributed by atoms with Gasteiger partial charge in [-0.1, -0.05) is 57.2 Å². The quantitative estimate of drug-likeness (QED) is 0.258. The highest BCUT2D eigenvalue weighted by molar-refractivity contribution is 6.46. The fraction of sp³-hybridized carbons (Fsp3) is 0.267. The Morgan fingerprint density at radius 3 is 2.28 bits per heavy atom. The molecule has 36 heavy (non-hydrogen) atoms. The predicted molar refractivity (Wildman–Crippen MR) is 137 cm³/mol. The molecule has 1 aliphatic rings. The fourth-order valence-corrected chi connectivity index (χ4v) is 4.42. The van der Waals surface area contributed by atoms with Crippen LogP contribution in [0.4, 0.5) is 4.39 Å². The molecular weight excluding hydrogens is 457 g/mol. The standard InChI is InChI=1S/C30H30FNO4/c1-5-36-24-8-6-7-19(17-24)18-32-26(20-9-13-22(14-10-20)30(2,3)4)25(28(34)29(32)35)27(33)21-11-15-23(31)16-12-21/h6-17,26,33H,5,18H2,1-4H3/b27-25-. The van der Waals surface area contributed by atoms with Crippen molar-refractivity contribution < 1.29 is 23.8 Å². The van der Waals surface area contributed by atoms with Gasteiger partial charge in [0.2, 0.25) is 0 Å². The summed E-state index contributed by atoms with van der Waals surface area (Å²) in [5, 5.41) is 11.2. The van der Waals surface area contributed by atoms with Gasteiger partial charge in [-0.25, -0.2) is 4.39 Å². The largest absolute Gasteiger partial charge is 0.507 e. The molecule has 0 bridgehead atoms. The van der Waals surface area contributed by atoms with Crippen LogP contribution in [0.1, 0.15) is 56.0 Å². The molecule has 1 N–H and O–H groups in total. The normalized spacial score (nSPS) is 17.5. The lowest BCUT2D eigenvalue weighted by molar-refractivity contribution is -0.140. The van der Waals surface area contributed by atoms with Crippen molar-refractivity contribution in [1.82, 2.24) is 4.90 Å². The zero-order valence-corrected chi connectivity index (χ0v) is 20.9. The molecule has 0 radical (unpaired) electrons. The number of Topliss-reactive ketones (excluding diaryl/α,β-unsaturated/α-hetero) is 1. The summed E-state index contributed by atoms with van der Waals surface area (Å²) in [6, 6.07) is 19.5. The van der Waals surface area contributed by atoms with Gasteiger partial charge in [0, 0.05) is 12.1 Å². The van der Waals surface area contributed by atoms with Crippen molar-refractivity contribution in [2.24, 2.45) is 0 Å². The molecular formula is C30H30FNO4. The Labute approximate surface area is 210 Å². The van der Waals surface area contributed by atoms with E-state index >= 15 is 0 Å². The summed E-state index contributed by atoms with van der Waals surface area (Å²) >= 11 is 0. The molecule has 1 heterocycles. The van der Waals surface area contributed by atoms with E-state index < -0.39 is 23.5 Å². The molecule has 4 rings (SSSR count). The number of rotatable bonds is 6. The van der Waals surface area contributed by atoms with Crippen LogP contribution in [0.5, 0.6) is 5.75 Å². The number of hydrogen-bond acceptors (Lipinski definition) is 4. The van der Waals surface area contributed by atoms with E-state index in [0.717, 1.165) is 11.1 Å². The van der Waals surface area contributed by atoms with E-state index in [4.69, 9.17) is 4.74 Å². The van der Waals surface area contributed by atoms with Crippen LogP contribution in [0.3, 0.4) is 0 Å². The molecule has 0 saturated carbocycles. The van der Waals surface area contributed by atoms with Crippen LogP contribution < -0.4 is 4.74 Å². The Bertz CT molecular complexity index is 1300. The lowest BCUT2D eigenvalue weighted by atomic mass is 9.85. The summed E-state index contributed by atoms with van der Waals surface area (Å²) in [6.07, 6.45) is 0. The number of ether oxygens (including phenoxy) is 1. The summed E-state index contributed by atoms with van der Waals surface area (Å²) < 4.78 is 19.1. The van der Waals surface area contributed by atoms with Gasteiger partial charge >= 0.3 is 0 Å². The Kier molecular flexibility index (Phi) is 6.97. The fourth-order valence-electron chi connectivity index (χ4n) is 4.42. The molecule has 3 aromatic carbocycles. The minimum absolute atomic E-state index is 0.0175. The van der Waals surface area contributed by atoms with Crippen LogP contribution in [-0.4, -0.2) is 28.3 Å². The first-order valence-electron chi connectivity index (χ1n) is 12.0. The summed E-state index contributed by atoms with van der Waals surface area (Å²) in [5.74, 6) is -1.60. The van der Waals surface area contributed by atoms with Gasteiger partial charge in [-0.3, -0.25) is 9.59 Å². The maximum Gasteiger partial charge on any atom is 0.295 e. The van der Waals surface area contributed by atoms with E-state index in [9.17, 15) is 19.1 Å². The van der Waals surface area contributed by atoms with Crippen molar-refractivity contribution in [2.75, 3.05) is 6.61 Å². The van der Waals surface area contributed by atoms with Gasteiger partial charge in [0.05, 0.1) is 18.2 Å². The molecule has 1 unspecified atom stereocenters. The van der Waals surface area contributed by atoms with Crippen molar-refractivity contribution in [3.05, 3.63) is 106 Å². The highest BCUT2D eigenvalue weighted by Gasteiger charge is 2.46. The van der Waals surface area contributed by atoms with E-state index in [1.807, 2.05) is 55.5 Å². The van der Waals surface area contributed by atoms with E-state index in [0.29, 0.717) is 17.9 Å². The topological polar surface area (TPSA) is 66.8 Å². The molecule has 1 fully saturated rings. The molecule has 1 aliphatic heterocycles. The summed E-state index contributed by atoms with van der Waals surface area (Å²) in [5.41, 5.74) is 2.77. The Hall–Kier alpha value is -3.93. The molecule has 0 aromatic heterocycles. The van der Waals surface area contributed by atoms with Crippen LogP contribution in [0.15, 0.2) is 78.4 Å². The number of nitrogens with zero attached hydrogens (tertiary/aromatic N) is 1. The SMILES string of the molecule is CCOc1cccc(CN2C(=O)C(=O)/C(=C(\O)c3ccc(F)cc3)C2c2ccc(C(C)(C)C)cc2)c1. The van der Waals surface area contributed by atoms with Gasteiger partial charge < -0.3 is 14.7 Å². The highest BCUT2D eigenvalue weighted by atomic mass is 19.1. The lowest BCUT2D eigenvalue weighted by Gasteiger charge is -2.27. The number of likely N-dealkylation sites (tertiary alicyclic amines) is 1. The minimum Gasteiger partial charge on any atom is -0.507 e. The predicted octanol–water partition coefficient (Wildman–Crippen LogP) is 6.14. The smallest absolute Gasteiger partial charge is 0.295 e. The first-order chi connectivity index (χ1) is 17.1. The first kappa shape index (κ1) is 25.2. The Morgan fingerprint density at radius 2 is 1.67 bits per heavy atom. The number of carbonyl (C=O) groups is 2. The van der Waals surface area contributed by atoms with Crippen molar-refractivity contribution in [2.45, 2.75) is 45.7 Å². The lowest BCUT2D eigenvalue weighted by Crippen LogP contribution is -2.29. The molecule has 3 aromatic rings.